The van der Waals surface area contributed by atoms with Crippen molar-refractivity contribution in [1.82, 2.24) is 24.6 Å². The van der Waals surface area contributed by atoms with E-state index in [0.29, 0.717) is 32.0 Å². The summed E-state index contributed by atoms with van der Waals surface area (Å²) in [5.41, 5.74) is 2.73. The molecular weight excluding hydrogens is 347 g/mol. The van der Waals surface area contributed by atoms with Gasteiger partial charge in [-0.15, -0.1) is 0 Å². The number of fused-ring (bicyclic) bond motifs is 1. The van der Waals surface area contributed by atoms with Crippen LogP contribution in [0.15, 0.2) is 24.3 Å². The zero-order chi connectivity index (χ0) is 19.1. The molecule has 1 amide bonds. The highest BCUT2D eigenvalue weighted by Gasteiger charge is 2.26. The minimum absolute atomic E-state index is 0.119. The summed E-state index contributed by atoms with van der Waals surface area (Å²) < 4.78 is 15.7. The minimum Gasteiger partial charge on any atom is -0.351 e. The van der Waals surface area contributed by atoms with Crippen LogP contribution in [0.5, 0.6) is 0 Å². The van der Waals surface area contributed by atoms with Crippen LogP contribution in [0.3, 0.4) is 0 Å². The summed E-state index contributed by atoms with van der Waals surface area (Å²) in [4.78, 5) is 25.6. The van der Waals surface area contributed by atoms with E-state index in [1.54, 1.807) is 21.7 Å². The predicted octanol–water partition coefficient (Wildman–Crippen LogP) is 2.08. The van der Waals surface area contributed by atoms with E-state index in [2.05, 4.69) is 20.0 Å². The van der Waals surface area contributed by atoms with Crippen LogP contribution in [-0.2, 0) is 7.05 Å². The molecule has 140 valence electrons. The second kappa shape index (κ2) is 6.61. The van der Waals surface area contributed by atoms with Gasteiger partial charge < -0.3 is 9.80 Å². The van der Waals surface area contributed by atoms with Crippen molar-refractivity contribution in [3.05, 3.63) is 47.2 Å². The van der Waals surface area contributed by atoms with Crippen LogP contribution < -0.4 is 4.90 Å². The number of halogens is 1. The Balaban J connectivity index is 1.58. The van der Waals surface area contributed by atoms with Crippen molar-refractivity contribution in [3.63, 3.8) is 0 Å². The second-order valence-corrected chi connectivity index (χ2v) is 6.76. The molecule has 0 aliphatic carbocycles. The first-order chi connectivity index (χ1) is 13.0. The molecule has 0 N–H and O–H groups in total. The summed E-state index contributed by atoms with van der Waals surface area (Å²) in [5.74, 6) is 0.772. The number of carbonyl (C=O) groups is 1. The minimum atomic E-state index is -0.483. The van der Waals surface area contributed by atoms with Crippen LogP contribution >= 0.6 is 0 Å². The summed E-state index contributed by atoms with van der Waals surface area (Å²) >= 11 is 0. The van der Waals surface area contributed by atoms with Gasteiger partial charge >= 0.3 is 0 Å². The third-order valence-electron chi connectivity index (χ3n) is 4.91. The number of carbonyl (C=O) groups excluding carboxylic acids is 1. The molecule has 7 nitrogen and oxygen atoms in total. The molecule has 1 aliphatic rings. The molecule has 4 rings (SSSR count). The number of aryl methyl sites for hydroxylation is 3. The number of piperazine rings is 1. The molecular formula is C19H21FN6O. The van der Waals surface area contributed by atoms with E-state index in [1.807, 2.05) is 20.9 Å². The van der Waals surface area contributed by atoms with Gasteiger partial charge in [-0.3, -0.25) is 9.48 Å². The molecule has 0 unspecified atom stereocenters. The monoisotopic (exact) mass is 368 g/mol. The SMILES string of the molecule is Cc1nc(N2CCN(C(=O)c3ccccc3F)CC2)c2c(n1)c(C)nn2C. The number of nitrogens with zero attached hydrogens (tertiary/aromatic N) is 6. The summed E-state index contributed by atoms with van der Waals surface area (Å²) in [6.45, 7) is 6.06. The fourth-order valence-corrected chi connectivity index (χ4v) is 3.57. The van der Waals surface area contributed by atoms with Crippen molar-refractivity contribution in [2.75, 3.05) is 31.1 Å². The van der Waals surface area contributed by atoms with E-state index in [1.165, 1.54) is 12.1 Å². The molecule has 3 heterocycles. The summed E-state index contributed by atoms with van der Waals surface area (Å²) in [7, 11) is 1.88. The van der Waals surface area contributed by atoms with Crippen molar-refractivity contribution >= 4 is 22.8 Å². The molecule has 0 atom stereocenters. The molecule has 2 aromatic heterocycles. The first-order valence-electron chi connectivity index (χ1n) is 8.92. The van der Waals surface area contributed by atoms with Crippen molar-refractivity contribution in [2.24, 2.45) is 7.05 Å². The topological polar surface area (TPSA) is 67.2 Å². The number of hydrogen-bond acceptors (Lipinski definition) is 5. The maximum Gasteiger partial charge on any atom is 0.256 e. The van der Waals surface area contributed by atoms with E-state index in [-0.39, 0.29) is 11.5 Å². The first kappa shape index (κ1) is 17.4. The Morgan fingerprint density at radius 1 is 1.07 bits per heavy atom. The lowest BCUT2D eigenvalue weighted by atomic mass is 10.1. The van der Waals surface area contributed by atoms with E-state index in [0.717, 1.165) is 22.5 Å². The van der Waals surface area contributed by atoms with Gasteiger partial charge in [-0.2, -0.15) is 5.10 Å². The molecule has 3 aromatic rings. The van der Waals surface area contributed by atoms with Gasteiger partial charge in [0.05, 0.1) is 11.3 Å². The van der Waals surface area contributed by atoms with E-state index in [4.69, 9.17) is 0 Å². The van der Waals surface area contributed by atoms with Crippen LogP contribution in [0, 0.1) is 19.7 Å². The van der Waals surface area contributed by atoms with Gasteiger partial charge in [0.2, 0.25) is 0 Å². The highest BCUT2D eigenvalue weighted by atomic mass is 19.1. The maximum absolute atomic E-state index is 13.9. The Labute approximate surface area is 156 Å². The van der Waals surface area contributed by atoms with Crippen molar-refractivity contribution in [1.29, 1.82) is 0 Å². The number of rotatable bonds is 2. The molecule has 0 radical (unpaired) electrons. The third-order valence-corrected chi connectivity index (χ3v) is 4.91. The van der Waals surface area contributed by atoms with E-state index < -0.39 is 5.82 Å². The molecule has 1 aliphatic heterocycles. The Hall–Kier alpha value is -3.03. The lowest BCUT2D eigenvalue weighted by molar-refractivity contribution is 0.0742. The molecule has 1 aromatic carbocycles. The van der Waals surface area contributed by atoms with Crippen LogP contribution in [-0.4, -0.2) is 56.7 Å². The lowest BCUT2D eigenvalue weighted by Crippen LogP contribution is -2.49. The molecule has 1 fully saturated rings. The van der Waals surface area contributed by atoms with Gasteiger partial charge in [-0.25, -0.2) is 14.4 Å². The summed E-state index contributed by atoms with van der Waals surface area (Å²) in [5, 5.41) is 4.46. The highest BCUT2D eigenvalue weighted by Crippen LogP contribution is 2.26. The van der Waals surface area contributed by atoms with Crippen molar-refractivity contribution < 1.29 is 9.18 Å². The van der Waals surface area contributed by atoms with Gasteiger partial charge in [0.25, 0.3) is 5.91 Å². The first-order valence-corrected chi connectivity index (χ1v) is 8.92. The Morgan fingerprint density at radius 2 is 1.78 bits per heavy atom. The molecule has 0 spiro atoms. The zero-order valence-electron chi connectivity index (χ0n) is 15.6. The predicted molar refractivity (Wildman–Crippen MR) is 100 cm³/mol. The third kappa shape index (κ3) is 3.01. The molecule has 1 saturated heterocycles. The van der Waals surface area contributed by atoms with Crippen LogP contribution in [0.1, 0.15) is 21.9 Å². The van der Waals surface area contributed by atoms with E-state index >= 15 is 0 Å². The summed E-state index contributed by atoms with van der Waals surface area (Å²) in [6.07, 6.45) is 0. The highest BCUT2D eigenvalue weighted by molar-refractivity contribution is 5.94. The number of aromatic nitrogens is 4. The van der Waals surface area contributed by atoms with Gasteiger partial charge in [-0.1, -0.05) is 12.1 Å². The smallest absolute Gasteiger partial charge is 0.256 e. The van der Waals surface area contributed by atoms with E-state index in [9.17, 15) is 9.18 Å². The average molecular weight is 368 g/mol. The van der Waals surface area contributed by atoms with Crippen LogP contribution in [0.25, 0.3) is 11.0 Å². The Bertz CT molecular complexity index is 1020. The molecule has 0 bridgehead atoms. The lowest BCUT2D eigenvalue weighted by Gasteiger charge is -2.35. The van der Waals surface area contributed by atoms with Crippen molar-refractivity contribution in [2.45, 2.75) is 13.8 Å². The molecule has 27 heavy (non-hydrogen) atoms. The van der Waals surface area contributed by atoms with Gasteiger partial charge in [0, 0.05) is 33.2 Å². The maximum atomic E-state index is 13.9. The van der Waals surface area contributed by atoms with Gasteiger partial charge in [-0.05, 0) is 26.0 Å². The number of benzene rings is 1. The average Bonchev–Trinajstić information content (AvgIpc) is 2.95. The van der Waals surface area contributed by atoms with Crippen LogP contribution in [0.2, 0.25) is 0 Å². The second-order valence-electron chi connectivity index (χ2n) is 6.76. The van der Waals surface area contributed by atoms with Crippen LogP contribution in [0.4, 0.5) is 10.2 Å². The van der Waals surface area contributed by atoms with Crippen molar-refractivity contribution in [3.8, 4) is 0 Å². The Kier molecular flexibility index (Phi) is 4.25. The number of hydrogen-bond donors (Lipinski definition) is 0. The zero-order valence-corrected chi connectivity index (χ0v) is 15.6. The summed E-state index contributed by atoms with van der Waals surface area (Å²) in [6, 6.07) is 6.11. The fraction of sp³-hybridized carbons (Fsp3) is 0.368. The largest absolute Gasteiger partial charge is 0.351 e. The fourth-order valence-electron chi connectivity index (χ4n) is 3.57. The molecule has 0 saturated carbocycles. The quantitative estimate of drug-likeness (QED) is 0.693. The standard InChI is InChI=1S/C19H21FN6O/c1-12-16-17(24(3)23-12)18(22-13(2)21-16)25-8-10-26(11-9-25)19(27)14-6-4-5-7-15(14)20/h4-7H,8-11H2,1-3H3. The van der Waals surface area contributed by atoms with Gasteiger partial charge in [0.1, 0.15) is 22.7 Å². The molecule has 8 heteroatoms. The van der Waals surface area contributed by atoms with Gasteiger partial charge in [0.15, 0.2) is 5.82 Å². The Morgan fingerprint density at radius 3 is 2.48 bits per heavy atom. The number of amides is 1. The number of anilines is 1. The normalized spacial score (nSPS) is 14.8.